The molecule has 0 saturated carbocycles. The van der Waals surface area contributed by atoms with Crippen molar-refractivity contribution >= 4 is 12.2 Å². The Labute approximate surface area is 86.6 Å². The Morgan fingerprint density at radius 3 is 2.71 bits per heavy atom. The van der Waals surface area contributed by atoms with Gasteiger partial charge in [0, 0.05) is 12.7 Å². The number of aryl methyl sites for hydroxylation is 2. The number of nitrogens with zero attached hydrogens (tertiary/aromatic N) is 3. The van der Waals surface area contributed by atoms with Crippen LogP contribution in [-0.4, -0.2) is 19.7 Å². The van der Waals surface area contributed by atoms with E-state index in [1.54, 1.807) is 4.68 Å². The number of rotatable bonds is 1. The molecule has 0 unspecified atom stereocenters. The van der Waals surface area contributed by atoms with Crippen LogP contribution in [0, 0.1) is 11.7 Å². The van der Waals surface area contributed by atoms with Gasteiger partial charge >= 0.3 is 0 Å². The molecule has 0 spiro atoms. The van der Waals surface area contributed by atoms with Crippen molar-refractivity contribution in [3.05, 3.63) is 28.7 Å². The summed E-state index contributed by atoms with van der Waals surface area (Å²) in [5, 5.41) is 3.03. The Kier molecular flexibility index (Phi) is 2.17. The van der Waals surface area contributed by atoms with Gasteiger partial charge in [0.2, 0.25) is 4.77 Å². The molecule has 0 aliphatic heterocycles. The first-order valence-corrected chi connectivity index (χ1v) is 4.65. The fourth-order valence-electron chi connectivity index (χ4n) is 1.19. The molecule has 2 aromatic rings. The second-order valence-corrected chi connectivity index (χ2v) is 3.44. The van der Waals surface area contributed by atoms with E-state index in [1.807, 2.05) is 32.2 Å². The lowest BCUT2D eigenvalue weighted by Crippen LogP contribution is -1.91. The number of hydrogen-bond donors (Lipinski definition) is 1. The van der Waals surface area contributed by atoms with E-state index in [0.29, 0.717) is 10.6 Å². The normalized spacial score (nSPS) is 10.4. The van der Waals surface area contributed by atoms with Crippen LogP contribution in [0.1, 0.15) is 5.69 Å². The van der Waals surface area contributed by atoms with Crippen LogP contribution in [-0.2, 0) is 7.05 Å². The molecule has 0 aromatic carbocycles. The number of pyridine rings is 1. The van der Waals surface area contributed by atoms with Crippen LogP contribution in [0.4, 0.5) is 0 Å². The fraction of sp³-hybridized carbons (Fsp3) is 0.222. The molecule has 0 fully saturated rings. The summed E-state index contributed by atoms with van der Waals surface area (Å²) >= 11 is 5.00. The van der Waals surface area contributed by atoms with Crippen molar-refractivity contribution in [2.75, 3.05) is 0 Å². The molecular weight excluding hydrogens is 196 g/mol. The van der Waals surface area contributed by atoms with Crippen molar-refractivity contribution in [1.29, 1.82) is 0 Å². The maximum Gasteiger partial charge on any atom is 0.216 e. The Hall–Kier alpha value is -1.49. The lowest BCUT2D eigenvalue weighted by molar-refractivity contribution is 0.755. The highest BCUT2D eigenvalue weighted by molar-refractivity contribution is 7.71. The molecule has 14 heavy (non-hydrogen) atoms. The number of aromatic nitrogens is 4. The van der Waals surface area contributed by atoms with E-state index < -0.39 is 0 Å². The summed E-state index contributed by atoms with van der Waals surface area (Å²) in [7, 11) is 1.83. The van der Waals surface area contributed by atoms with Gasteiger partial charge in [-0.1, -0.05) is 6.07 Å². The summed E-state index contributed by atoms with van der Waals surface area (Å²) in [5.74, 6) is 0.709. The fourth-order valence-corrected chi connectivity index (χ4v) is 1.33. The molecule has 72 valence electrons. The zero-order valence-electron chi connectivity index (χ0n) is 7.98. The summed E-state index contributed by atoms with van der Waals surface area (Å²) in [6, 6.07) is 5.80. The second-order valence-electron chi connectivity index (χ2n) is 3.08. The molecule has 0 radical (unpaired) electrons. The van der Waals surface area contributed by atoms with Gasteiger partial charge in [-0.2, -0.15) is 4.98 Å². The maximum atomic E-state index is 5.00. The summed E-state index contributed by atoms with van der Waals surface area (Å²) in [4.78, 5) is 8.53. The minimum absolute atomic E-state index is 0.531. The van der Waals surface area contributed by atoms with Gasteiger partial charge in [0.15, 0.2) is 5.82 Å². The molecule has 1 N–H and O–H groups in total. The van der Waals surface area contributed by atoms with E-state index in [0.717, 1.165) is 11.4 Å². The maximum absolute atomic E-state index is 5.00. The molecule has 4 nitrogen and oxygen atoms in total. The van der Waals surface area contributed by atoms with Crippen LogP contribution in [0.15, 0.2) is 18.2 Å². The Balaban J connectivity index is 2.54. The SMILES string of the molecule is Cc1cccc(-c2nc(=S)n(C)[nH]2)n1. The molecule has 0 atom stereocenters. The summed E-state index contributed by atoms with van der Waals surface area (Å²) in [5.41, 5.74) is 1.78. The van der Waals surface area contributed by atoms with E-state index in [-0.39, 0.29) is 0 Å². The van der Waals surface area contributed by atoms with Crippen LogP contribution >= 0.6 is 12.2 Å². The minimum Gasteiger partial charge on any atom is -0.278 e. The predicted molar refractivity (Wildman–Crippen MR) is 56.4 cm³/mol. The third-order valence-electron chi connectivity index (χ3n) is 1.90. The van der Waals surface area contributed by atoms with Crippen molar-refractivity contribution < 1.29 is 0 Å². The molecule has 2 aromatic heterocycles. The molecule has 0 bridgehead atoms. The first-order chi connectivity index (χ1) is 6.66. The molecule has 0 amide bonds. The molecule has 0 aliphatic rings. The average molecular weight is 206 g/mol. The van der Waals surface area contributed by atoms with Crippen LogP contribution < -0.4 is 0 Å². The molecule has 5 heteroatoms. The largest absolute Gasteiger partial charge is 0.278 e. The first kappa shape index (κ1) is 9.08. The molecule has 0 aliphatic carbocycles. The smallest absolute Gasteiger partial charge is 0.216 e. The number of hydrogen-bond acceptors (Lipinski definition) is 3. The predicted octanol–water partition coefficient (Wildman–Crippen LogP) is 1.85. The van der Waals surface area contributed by atoms with Crippen LogP contribution in [0.5, 0.6) is 0 Å². The highest BCUT2D eigenvalue weighted by Crippen LogP contribution is 2.11. The third kappa shape index (κ3) is 1.58. The second kappa shape index (κ2) is 3.34. The van der Waals surface area contributed by atoms with Gasteiger partial charge in [0.1, 0.15) is 5.69 Å². The van der Waals surface area contributed by atoms with Crippen LogP contribution in [0.2, 0.25) is 0 Å². The molecule has 2 rings (SSSR count). The topological polar surface area (TPSA) is 46.5 Å². The highest BCUT2D eigenvalue weighted by atomic mass is 32.1. The van der Waals surface area contributed by atoms with Crippen molar-refractivity contribution in [2.24, 2.45) is 7.05 Å². The Morgan fingerprint density at radius 2 is 2.14 bits per heavy atom. The van der Waals surface area contributed by atoms with E-state index in [1.165, 1.54) is 0 Å². The number of H-pyrrole nitrogens is 1. The van der Waals surface area contributed by atoms with E-state index in [9.17, 15) is 0 Å². The standard InChI is InChI=1S/C9H10N4S/c1-6-4-3-5-7(10-6)8-11-9(14)13(2)12-8/h3-5H,1-2H3,(H,11,12,14). The minimum atomic E-state index is 0.531. The monoisotopic (exact) mass is 206 g/mol. The quantitative estimate of drug-likeness (QED) is 0.724. The lowest BCUT2D eigenvalue weighted by atomic mass is 10.3. The van der Waals surface area contributed by atoms with Crippen LogP contribution in [0.25, 0.3) is 11.5 Å². The summed E-state index contributed by atoms with van der Waals surface area (Å²) in [6.07, 6.45) is 0. The third-order valence-corrected chi connectivity index (χ3v) is 2.26. The van der Waals surface area contributed by atoms with Crippen LogP contribution in [0.3, 0.4) is 0 Å². The lowest BCUT2D eigenvalue weighted by Gasteiger charge is -1.96. The van der Waals surface area contributed by atoms with Gasteiger partial charge in [-0.25, -0.2) is 4.98 Å². The number of nitrogens with one attached hydrogen (secondary N) is 1. The average Bonchev–Trinajstić information content (AvgIpc) is 2.47. The van der Waals surface area contributed by atoms with Gasteiger partial charge in [-0.05, 0) is 31.3 Å². The summed E-state index contributed by atoms with van der Waals surface area (Å²) < 4.78 is 2.22. The Morgan fingerprint density at radius 1 is 1.36 bits per heavy atom. The van der Waals surface area contributed by atoms with Crippen molar-refractivity contribution in [3.8, 4) is 11.5 Å². The first-order valence-electron chi connectivity index (χ1n) is 4.24. The van der Waals surface area contributed by atoms with E-state index >= 15 is 0 Å². The molecule has 2 heterocycles. The van der Waals surface area contributed by atoms with Gasteiger partial charge in [0.25, 0.3) is 0 Å². The van der Waals surface area contributed by atoms with E-state index in [2.05, 4.69) is 15.1 Å². The van der Waals surface area contributed by atoms with Gasteiger partial charge in [-0.15, -0.1) is 0 Å². The van der Waals surface area contributed by atoms with Gasteiger partial charge in [0.05, 0.1) is 0 Å². The van der Waals surface area contributed by atoms with E-state index in [4.69, 9.17) is 12.2 Å². The van der Waals surface area contributed by atoms with Crippen molar-refractivity contribution in [3.63, 3.8) is 0 Å². The summed E-state index contributed by atoms with van der Waals surface area (Å²) in [6.45, 7) is 1.95. The van der Waals surface area contributed by atoms with Crippen molar-refractivity contribution in [1.82, 2.24) is 19.7 Å². The highest BCUT2D eigenvalue weighted by Gasteiger charge is 2.03. The van der Waals surface area contributed by atoms with Gasteiger partial charge in [-0.3, -0.25) is 9.78 Å². The van der Waals surface area contributed by atoms with Gasteiger partial charge < -0.3 is 0 Å². The zero-order chi connectivity index (χ0) is 10.1. The van der Waals surface area contributed by atoms with Crippen molar-refractivity contribution in [2.45, 2.75) is 6.92 Å². The number of aromatic amines is 1. The molecular formula is C9H10N4S. The molecule has 0 saturated heterocycles. The zero-order valence-corrected chi connectivity index (χ0v) is 8.80. The Bertz CT molecular complexity index is 512.